The summed E-state index contributed by atoms with van der Waals surface area (Å²) < 4.78 is 4.92. The molecule has 0 aliphatic heterocycles. The molecule has 0 heterocycles. The molecule has 0 amide bonds. The first-order chi connectivity index (χ1) is 4.27. The van der Waals surface area contributed by atoms with Gasteiger partial charge in [0.05, 0.1) is 0 Å². The molecular weight excluding hydrogens is 143 g/mol. The zero-order valence-corrected chi connectivity index (χ0v) is 8.59. The molecule has 0 fully saturated rings. The van der Waals surface area contributed by atoms with Crippen LogP contribution in [0, 0.1) is 0 Å². The van der Waals surface area contributed by atoms with E-state index in [1.165, 1.54) is 0 Å². The molecule has 4 heteroatoms. The van der Waals surface area contributed by atoms with Crippen LogP contribution >= 0.6 is 0 Å². The van der Waals surface area contributed by atoms with Crippen LogP contribution in [-0.2, 0) is 9.53 Å². The van der Waals surface area contributed by atoms with Crippen molar-refractivity contribution in [2.75, 3.05) is 13.2 Å². The van der Waals surface area contributed by atoms with E-state index >= 15 is 0 Å². The van der Waals surface area contributed by atoms with Crippen molar-refractivity contribution in [1.29, 1.82) is 0 Å². The molecule has 0 bridgehead atoms. The summed E-state index contributed by atoms with van der Waals surface area (Å²) in [7, 11) is 0. The van der Waals surface area contributed by atoms with Gasteiger partial charge in [-0.1, -0.05) is 0 Å². The van der Waals surface area contributed by atoms with Crippen LogP contribution in [0.25, 0.3) is 0 Å². The Kier molecular flexibility index (Phi) is 12.3. The van der Waals surface area contributed by atoms with Gasteiger partial charge in [-0.3, -0.25) is 4.79 Å². The van der Waals surface area contributed by atoms with Crippen molar-refractivity contribution in [3.63, 3.8) is 0 Å². The zero-order chi connectivity index (χ0) is 7.11. The third-order valence-corrected chi connectivity index (χ3v) is 0.883. The molecule has 0 aromatic heterocycles. The second kappa shape index (κ2) is 9.43. The number of hydrogen-bond acceptors (Lipinski definition) is 2. The summed E-state index contributed by atoms with van der Waals surface area (Å²) in [5.41, 5.74) is 0. The van der Waals surface area contributed by atoms with Gasteiger partial charge in [0.25, 0.3) is 0 Å². The van der Waals surface area contributed by atoms with Crippen molar-refractivity contribution < 1.29 is 45.6 Å². The van der Waals surface area contributed by atoms with Crippen molar-refractivity contribution in [2.45, 2.75) is 19.8 Å². The van der Waals surface area contributed by atoms with Gasteiger partial charge in [0, 0.05) is 19.6 Å². The Morgan fingerprint density at radius 1 is 1.70 bits per heavy atom. The number of hydrogen-bond donors (Lipinski definition) is 1. The molecule has 0 spiro atoms. The molecule has 0 aromatic rings. The fraction of sp³-hybridized carbons (Fsp3) is 0.833. The molecule has 0 saturated heterocycles. The fourth-order valence-electron chi connectivity index (χ4n) is 0.470. The van der Waals surface area contributed by atoms with E-state index < -0.39 is 5.97 Å². The van der Waals surface area contributed by atoms with Gasteiger partial charge in [0.15, 0.2) is 0 Å². The summed E-state index contributed by atoms with van der Waals surface area (Å²) in [6.45, 7) is 3.11. The van der Waals surface area contributed by atoms with Gasteiger partial charge >= 0.3 is 35.5 Å². The molecule has 0 atom stereocenters. The Balaban J connectivity index is -0.000000320. The Hall–Kier alpha value is 0.430. The fourth-order valence-corrected chi connectivity index (χ4v) is 0.470. The van der Waals surface area contributed by atoms with Crippen molar-refractivity contribution in [3.05, 3.63) is 0 Å². The van der Waals surface area contributed by atoms with Crippen LogP contribution in [0.2, 0.25) is 0 Å². The van der Waals surface area contributed by atoms with E-state index in [9.17, 15) is 4.79 Å². The summed E-state index contributed by atoms with van der Waals surface area (Å²) in [5, 5.41) is 8.16. The second-order valence-corrected chi connectivity index (χ2v) is 1.69. The first kappa shape index (κ1) is 13.1. The normalized spacial score (nSPS) is 8.50. The Labute approximate surface area is 84.5 Å². The number of carboxylic acid groups (broad SMARTS) is 1. The van der Waals surface area contributed by atoms with Gasteiger partial charge in [0.2, 0.25) is 0 Å². The predicted octanol–water partition coefficient (Wildman–Crippen LogP) is -2.00. The van der Waals surface area contributed by atoms with Gasteiger partial charge < -0.3 is 11.3 Å². The number of carboxylic acids is 1. The Morgan fingerprint density at radius 2 is 2.30 bits per heavy atom. The zero-order valence-electron chi connectivity index (χ0n) is 7.59. The molecule has 0 aromatic carbocycles. The van der Waals surface area contributed by atoms with Gasteiger partial charge in [-0.05, 0) is 13.3 Å². The standard InChI is InChI=1S/C6H12O3.Na.H/c1-2-9-5-3-4-6(7)8;;/h2-5H2,1H3,(H,7,8);;/q;+1;-1. The molecule has 0 saturated carbocycles. The minimum absolute atomic E-state index is 0. The molecule has 0 aliphatic carbocycles. The van der Waals surface area contributed by atoms with E-state index in [2.05, 4.69) is 0 Å². The molecule has 56 valence electrons. The molecule has 0 rings (SSSR count). The van der Waals surface area contributed by atoms with Crippen LogP contribution in [-0.4, -0.2) is 24.3 Å². The second-order valence-electron chi connectivity index (χ2n) is 1.69. The summed E-state index contributed by atoms with van der Waals surface area (Å²) in [6, 6.07) is 0. The number of aliphatic carboxylic acids is 1. The predicted molar refractivity (Wildman–Crippen MR) is 34.5 cm³/mol. The van der Waals surface area contributed by atoms with Gasteiger partial charge in [0.1, 0.15) is 0 Å². The minimum atomic E-state index is -0.755. The quantitative estimate of drug-likeness (QED) is 0.370. The molecule has 0 unspecified atom stereocenters. The largest absolute Gasteiger partial charge is 1.00 e. The van der Waals surface area contributed by atoms with E-state index in [-0.39, 0.29) is 37.4 Å². The van der Waals surface area contributed by atoms with Crippen LogP contribution in [0.15, 0.2) is 0 Å². The van der Waals surface area contributed by atoms with E-state index in [1.807, 2.05) is 6.92 Å². The van der Waals surface area contributed by atoms with Crippen LogP contribution < -0.4 is 29.6 Å². The van der Waals surface area contributed by atoms with Gasteiger partial charge in [-0.15, -0.1) is 0 Å². The van der Waals surface area contributed by atoms with E-state index in [0.29, 0.717) is 19.6 Å². The van der Waals surface area contributed by atoms with Crippen LogP contribution in [0.1, 0.15) is 21.2 Å². The SMILES string of the molecule is CCOCCCC(=O)O.[H-].[Na+]. The van der Waals surface area contributed by atoms with Gasteiger partial charge in [-0.2, -0.15) is 0 Å². The van der Waals surface area contributed by atoms with Crippen LogP contribution in [0.5, 0.6) is 0 Å². The minimum Gasteiger partial charge on any atom is -1.00 e. The third kappa shape index (κ3) is 11.3. The van der Waals surface area contributed by atoms with Crippen molar-refractivity contribution >= 4 is 5.97 Å². The van der Waals surface area contributed by atoms with Crippen LogP contribution in [0.3, 0.4) is 0 Å². The maximum atomic E-state index is 9.91. The molecule has 10 heavy (non-hydrogen) atoms. The summed E-state index contributed by atoms with van der Waals surface area (Å²) >= 11 is 0. The Morgan fingerprint density at radius 3 is 2.70 bits per heavy atom. The topological polar surface area (TPSA) is 46.5 Å². The third-order valence-electron chi connectivity index (χ3n) is 0.883. The van der Waals surface area contributed by atoms with Gasteiger partial charge in [-0.25, -0.2) is 0 Å². The number of carbonyl (C=O) groups is 1. The first-order valence-electron chi connectivity index (χ1n) is 3.07. The smallest absolute Gasteiger partial charge is 1.00 e. The summed E-state index contributed by atoms with van der Waals surface area (Å²) in [5.74, 6) is -0.755. The monoisotopic (exact) mass is 156 g/mol. The van der Waals surface area contributed by atoms with E-state index in [0.717, 1.165) is 0 Å². The first-order valence-corrected chi connectivity index (χ1v) is 3.07. The molecular formula is C6H13NaO3. The molecule has 1 N–H and O–H groups in total. The summed E-state index contributed by atoms with van der Waals surface area (Å²) in [4.78, 5) is 9.91. The van der Waals surface area contributed by atoms with Crippen molar-refractivity contribution in [2.24, 2.45) is 0 Å². The molecule has 0 radical (unpaired) electrons. The number of ether oxygens (including phenoxy) is 1. The Bertz CT molecular complexity index is 89.9. The van der Waals surface area contributed by atoms with E-state index in [1.54, 1.807) is 0 Å². The average Bonchev–Trinajstić information content (AvgIpc) is 1.80. The average molecular weight is 156 g/mol. The number of rotatable bonds is 5. The van der Waals surface area contributed by atoms with Crippen molar-refractivity contribution in [3.8, 4) is 0 Å². The molecule has 3 nitrogen and oxygen atoms in total. The molecule has 0 aliphatic rings. The summed E-state index contributed by atoms with van der Waals surface area (Å²) in [6.07, 6.45) is 0.823. The van der Waals surface area contributed by atoms with E-state index in [4.69, 9.17) is 9.84 Å². The maximum Gasteiger partial charge on any atom is 1.00 e. The van der Waals surface area contributed by atoms with Crippen molar-refractivity contribution in [1.82, 2.24) is 0 Å². The maximum absolute atomic E-state index is 9.91. The van der Waals surface area contributed by atoms with Crippen LogP contribution in [0.4, 0.5) is 0 Å².